The summed E-state index contributed by atoms with van der Waals surface area (Å²) in [5.41, 5.74) is 3.29. The first-order valence-electron chi connectivity index (χ1n) is 6.70. The van der Waals surface area contributed by atoms with Crippen LogP contribution in [0.15, 0.2) is 24.3 Å². The molecule has 0 aliphatic heterocycles. The first kappa shape index (κ1) is 16.0. The van der Waals surface area contributed by atoms with Gasteiger partial charge in [-0.1, -0.05) is 23.8 Å². The molecule has 0 aliphatic rings. The zero-order valence-corrected chi connectivity index (χ0v) is 12.2. The Morgan fingerprint density at radius 2 is 2.00 bits per heavy atom. The molecule has 0 heterocycles. The molecular weight excluding hydrogens is 254 g/mol. The number of carboxylic acid groups (broad SMARTS) is 1. The summed E-state index contributed by atoms with van der Waals surface area (Å²) in [5, 5.41) is 8.65. The van der Waals surface area contributed by atoms with E-state index in [0.29, 0.717) is 6.54 Å². The molecule has 4 nitrogen and oxygen atoms in total. The number of rotatable bonds is 6. The predicted octanol–water partition coefficient (Wildman–Crippen LogP) is 2.64. The highest BCUT2D eigenvalue weighted by atomic mass is 16.4. The smallest absolute Gasteiger partial charge is 0.305 e. The number of carbonyl (C=O) groups excluding carboxylic acids is 1. The number of aryl methyl sites for hydroxylation is 2. The molecule has 1 aromatic carbocycles. The van der Waals surface area contributed by atoms with Crippen molar-refractivity contribution in [2.24, 2.45) is 0 Å². The first-order chi connectivity index (χ1) is 9.43. The van der Waals surface area contributed by atoms with Crippen molar-refractivity contribution in [3.8, 4) is 0 Å². The fourth-order valence-corrected chi connectivity index (χ4v) is 1.93. The van der Waals surface area contributed by atoms with E-state index in [1.807, 2.05) is 32.9 Å². The molecule has 4 heteroatoms. The largest absolute Gasteiger partial charge is 0.481 e. The van der Waals surface area contributed by atoms with Crippen LogP contribution in [0.25, 0.3) is 6.08 Å². The molecule has 0 saturated carbocycles. The second-order valence-electron chi connectivity index (χ2n) is 4.76. The Morgan fingerprint density at radius 3 is 2.55 bits per heavy atom. The van der Waals surface area contributed by atoms with Gasteiger partial charge in [0.2, 0.25) is 5.91 Å². The second-order valence-corrected chi connectivity index (χ2v) is 4.76. The van der Waals surface area contributed by atoms with Gasteiger partial charge in [0.05, 0.1) is 6.42 Å². The van der Waals surface area contributed by atoms with E-state index in [9.17, 15) is 9.59 Å². The molecule has 0 saturated heterocycles. The first-order valence-corrected chi connectivity index (χ1v) is 6.70. The molecule has 1 aromatic rings. The zero-order valence-electron chi connectivity index (χ0n) is 12.2. The molecule has 0 aromatic heterocycles. The van der Waals surface area contributed by atoms with Crippen LogP contribution < -0.4 is 0 Å². The number of benzene rings is 1. The normalized spacial score (nSPS) is 10.8. The number of nitrogens with zero attached hydrogens (tertiary/aromatic N) is 1. The minimum absolute atomic E-state index is 0.0308. The van der Waals surface area contributed by atoms with Crippen molar-refractivity contribution in [1.29, 1.82) is 0 Å². The van der Waals surface area contributed by atoms with E-state index in [-0.39, 0.29) is 18.9 Å². The summed E-state index contributed by atoms with van der Waals surface area (Å²) >= 11 is 0. The van der Waals surface area contributed by atoms with Gasteiger partial charge in [-0.2, -0.15) is 0 Å². The molecule has 0 bridgehead atoms. The van der Waals surface area contributed by atoms with Gasteiger partial charge in [0, 0.05) is 19.2 Å². The van der Waals surface area contributed by atoms with Crippen LogP contribution in [-0.2, 0) is 9.59 Å². The lowest BCUT2D eigenvalue weighted by Crippen LogP contribution is -2.31. The molecule has 0 atom stereocenters. The van der Waals surface area contributed by atoms with Crippen molar-refractivity contribution >= 4 is 18.0 Å². The van der Waals surface area contributed by atoms with Crippen molar-refractivity contribution in [1.82, 2.24) is 4.90 Å². The zero-order chi connectivity index (χ0) is 15.1. The van der Waals surface area contributed by atoms with Gasteiger partial charge < -0.3 is 10.0 Å². The van der Waals surface area contributed by atoms with Crippen LogP contribution >= 0.6 is 0 Å². The number of likely N-dealkylation sites (N-methyl/N-ethyl adjacent to an activating group) is 1. The number of hydrogen-bond donors (Lipinski definition) is 1. The van der Waals surface area contributed by atoms with Crippen molar-refractivity contribution in [3.63, 3.8) is 0 Å². The van der Waals surface area contributed by atoms with Crippen LogP contribution in [-0.4, -0.2) is 35.0 Å². The second kappa shape index (κ2) is 7.48. The third kappa shape index (κ3) is 4.88. The molecule has 1 N–H and O–H groups in total. The van der Waals surface area contributed by atoms with Gasteiger partial charge in [-0.05, 0) is 38.0 Å². The maximum atomic E-state index is 12.0. The SMILES string of the molecule is CCN(CCC(=O)O)C(=O)/C=C/c1ccc(C)cc1C. The summed E-state index contributed by atoms with van der Waals surface area (Å²) < 4.78 is 0. The quantitative estimate of drug-likeness (QED) is 0.812. The summed E-state index contributed by atoms with van der Waals surface area (Å²) in [6.45, 7) is 6.60. The van der Waals surface area contributed by atoms with Gasteiger partial charge in [-0.3, -0.25) is 9.59 Å². The van der Waals surface area contributed by atoms with E-state index in [1.165, 1.54) is 16.5 Å². The van der Waals surface area contributed by atoms with E-state index >= 15 is 0 Å². The van der Waals surface area contributed by atoms with Gasteiger partial charge in [0.25, 0.3) is 0 Å². The molecule has 0 unspecified atom stereocenters. The number of hydrogen-bond acceptors (Lipinski definition) is 2. The average molecular weight is 275 g/mol. The molecule has 1 amide bonds. The minimum Gasteiger partial charge on any atom is -0.481 e. The van der Waals surface area contributed by atoms with E-state index in [2.05, 4.69) is 6.07 Å². The van der Waals surface area contributed by atoms with Gasteiger partial charge in [0.1, 0.15) is 0 Å². The van der Waals surface area contributed by atoms with Crippen molar-refractivity contribution in [2.75, 3.05) is 13.1 Å². The Morgan fingerprint density at radius 1 is 1.30 bits per heavy atom. The Balaban J connectivity index is 2.72. The van der Waals surface area contributed by atoms with E-state index in [1.54, 1.807) is 6.08 Å². The Bertz CT molecular complexity index is 520. The standard InChI is InChI=1S/C16H21NO3/c1-4-17(10-9-16(19)20)15(18)8-7-14-6-5-12(2)11-13(14)3/h5-8,11H,4,9-10H2,1-3H3,(H,19,20)/b8-7+. The number of amides is 1. The van der Waals surface area contributed by atoms with Crippen LogP contribution in [0.3, 0.4) is 0 Å². The summed E-state index contributed by atoms with van der Waals surface area (Å²) in [5.74, 6) is -1.05. The third-order valence-electron chi connectivity index (χ3n) is 3.12. The van der Waals surface area contributed by atoms with Crippen LogP contribution in [0, 0.1) is 13.8 Å². The highest BCUT2D eigenvalue weighted by molar-refractivity contribution is 5.92. The third-order valence-corrected chi connectivity index (χ3v) is 3.12. The lowest BCUT2D eigenvalue weighted by atomic mass is 10.1. The maximum Gasteiger partial charge on any atom is 0.305 e. The van der Waals surface area contributed by atoms with Crippen molar-refractivity contribution in [3.05, 3.63) is 41.0 Å². The summed E-state index contributed by atoms with van der Waals surface area (Å²) in [7, 11) is 0. The molecule has 20 heavy (non-hydrogen) atoms. The topological polar surface area (TPSA) is 57.6 Å². The van der Waals surface area contributed by atoms with E-state index in [4.69, 9.17) is 5.11 Å². The van der Waals surface area contributed by atoms with E-state index < -0.39 is 5.97 Å². The summed E-state index contributed by atoms with van der Waals surface area (Å²) in [4.78, 5) is 24.0. The molecule has 0 radical (unpaired) electrons. The van der Waals surface area contributed by atoms with Crippen LogP contribution in [0.1, 0.15) is 30.0 Å². The van der Waals surface area contributed by atoms with Gasteiger partial charge in [-0.15, -0.1) is 0 Å². The lowest BCUT2D eigenvalue weighted by molar-refractivity contribution is -0.137. The van der Waals surface area contributed by atoms with Gasteiger partial charge in [-0.25, -0.2) is 0 Å². The Hall–Kier alpha value is -2.10. The van der Waals surface area contributed by atoms with Gasteiger partial charge >= 0.3 is 5.97 Å². The molecule has 0 spiro atoms. The number of aliphatic carboxylic acids is 1. The summed E-state index contributed by atoms with van der Waals surface area (Å²) in [6, 6.07) is 6.04. The fourth-order valence-electron chi connectivity index (χ4n) is 1.93. The van der Waals surface area contributed by atoms with Gasteiger partial charge in [0.15, 0.2) is 0 Å². The summed E-state index contributed by atoms with van der Waals surface area (Å²) in [6.07, 6.45) is 3.25. The minimum atomic E-state index is -0.894. The van der Waals surface area contributed by atoms with Crippen molar-refractivity contribution < 1.29 is 14.7 Å². The predicted molar refractivity (Wildman–Crippen MR) is 79.5 cm³/mol. The number of carbonyl (C=O) groups is 2. The molecule has 1 rings (SSSR count). The molecule has 0 fully saturated rings. The monoisotopic (exact) mass is 275 g/mol. The highest BCUT2D eigenvalue weighted by Gasteiger charge is 2.10. The lowest BCUT2D eigenvalue weighted by Gasteiger charge is -2.17. The molecular formula is C16H21NO3. The van der Waals surface area contributed by atoms with Crippen LogP contribution in [0.2, 0.25) is 0 Å². The molecule has 0 aliphatic carbocycles. The molecule has 108 valence electrons. The average Bonchev–Trinajstić information content (AvgIpc) is 2.38. The Kier molecular flexibility index (Phi) is 5.97. The highest BCUT2D eigenvalue weighted by Crippen LogP contribution is 2.12. The number of carboxylic acids is 1. The van der Waals surface area contributed by atoms with E-state index in [0.717, 1.165) is 11.1 Å². The maximum absolute atomic E-state index is 12.0. The van der Waals surface area contributed by atoms with Crippen LogP contribution in [0.5, 0.6) is 0 Å². The Labute approximate surface area is 119 Å². The van der Waals surface area contributed by atoms with Crippen LogP contribution in [0.4, 0.5) is 0 Å². The van der Waals surface area contributed by atoms with Crippen molar-refractivity contribution in [2.45, 2.75) is 27.2 Å². The fraction of sp³-hybridized carbons (Fsp3) is 0.375.